The summed E-state index contributed by atoms with van der Waals surface area (Å²) in [6.07, 6.45) is 0.350. The molecule has 0 fully saturated rings. The lowest BCUT2D eigenvalue weighted by Crippen LogP contribution is -2.42. The van der Waals surface area contributed by atoms with Crippen LogP contribution in [0.15, 0.2) is 24.3 Å². The summed E-state index contributed by atoms with van der Waals surface area (Å²) in [7, 11) is 3.24. The molecule has 1 rings (SSSR count). The predicted molar refractivity (Wildman–Crippen MR) is 57.0 cm³/mol. The van der Waals surface area contributed by atoms with Gasteiger partial charge in [0.15, 0.2) is 0 Å². The number of hydrogen-bond donors (Lipinski definition) is 2. The van der Waals surface area contributed by atoms with Crippen molar-refractivity contribution in [2.24, 2.45) is 0 Å². The van der Waals surface area contributed by atoms with Gasteiger partial charge in [-0.25, -0.2) is 4.39 Å². The molecule has 0 aliphatic rings. The van der Waals surface area contributed by atoms with Crippen molar-refractivity contribution in [1.29, 1.82) is 0 Å². The summed E-state index contributed by atoms with van der Waals surface area (Å²) >= 11 is 0. The highest BCUT2D eigenvalue weighted by atomic mass is 19.1. The molecule has 0 spiro atoms. The summed E-state index contributed by atoms with van der Waals surface area (Å²) < 4.78 is 13.3. The highest BCUT2D eigenvalue weighted by Crippen LogP contribution is 2.08. The topological polar surface area (TPSA) is 41.1 Å². The van der Waals surface area contributed by atoms with Crippen LogP contribution in [0.3, 0.4) is 0 Å². The number of nitrogens with one attached hydrogen (secondary N) is 2. The minimum absolute atomic E-state index is 0.138. The Kier molecular flexibility index (Phi) is 4.24. The SMILES string of the molecule is CNC(=O)[C@H](Cc1ccccc1F)NC. The lowest BCUT2D eigenvalue weighted by molar-refractivity contribution is -0.122. The van der Waals surface area contributed by atoms with E-state index in [0.717, 1.165) is 0 Å². The molecule has 0 saturated carbocycles. The van der Waals surface area contributed by atoms with Gasteiger partial charge in [0.1, 0.15) is 5.82 Å². The van der Waals surface area contributed by atoms with Gasteiger partial charge in [-0.15, -0.1) is 0 Å². The molecule has 1 amide bonds. The molecule has 2 N–H and O–H groups in total. The fourth-order valence-electron chi connectivity index (χ4n) is 1.38. The van der Waals surface area contributed by atoms with E-state index in [4.69, 9.17) is 0 Å². The average molecular weight is 210 g/mol. The Bertz CT molecular complexity index is 341. The van der Waals surface area contributed by atoms with Crippen LogP contribution in [-0.4, -0.2) is 26.0 Å². The van der Waals surface area contributed by atoms with Gasteiger partial charge in [0.2, 0.25) is 5.91 Å². The summed E-state index contributed by atoms with van der Waals surface area (Å²) in [5.41, 5.74) is 0.542. The summed E-state index contributed by atoms with van der Waals surface area (Å²) in [6, 6.07) is 6.07. The fraction of sp³-hybridized carbons (Fsp3) is 0.364. The van der Waals surface area contributed by atoms with E-state index in [0.29, 0.717) is 12.0 Å². The first-order valence-electron chi connectivity index (χ1n) is 4.81. The molecule has 15 heavy (non-hydrogen) atoms. The third-order valence-electron chi connectivity index (χ3n) is 2.29. The van der Waals surface area contributed by atoms with Gasteiger partial charge in [0.25, 0.3) is 0 Å². The molecular formula is C11H15FN2O. The molecule has 0 aliphatic heterocycles. The Morgan fingerprint density at radius 1 is 1.40 bits per heavy atom. The normalized spacial score (nSPS) is 12.2. The zero-order valence-corrected chi connectivity index (χ0v) is 8.88. The van der Waals surface area contributed by atoms with Gasteiger partial charge in [-0.05, 0) is 25.1 Å². The second-order valence-corrected chi connectivity index (χ2v) is 3.25. The van der Waals surface area contributed by atoms with Crippen LogP contribution in [0.1, 0.15) is 5.56 Å². The average Bonchev–Trinajstić information content (AvgIpc) is 2.27. The van der Waals surface area contributed by atoms with Crippen molar-refractivity contribution in [1.82, 2.24) is 10.6 Å². The van der Waals surface area contributed by atoms with Gasteiger partial charge in [-0.1, -0.05) is 18.2 Å². The standard InChI is InChI=1S/C11H15FN2O/c1-13-10(11(15)14-2)7-8-5-3-4-6-9(8)12/h3-6,10,13H,7H2,1-2H3,(H,14,15)/t10-/m0/s1. The Morgan fingerprint density at radius 3 is 2.60 bits per heavy atom. The molecule has 0 aliphatic carbocycles. The van der Waals surface area contributed by atoms with E-state index in [9.17, 15) is 9.18 Å². The Labute approximate surface area is 88.7 Å². The van der Waals surface area contributed by atoms with Gasteiger partial charge in [0.05, 0.1) is 6.04 Å². The number of likely N-dealkylation sites (N-methyl/N-ethyl adjacent to an activating group) is 2. The van der Waals surface area contributed by atoms with E-state index < -0.39 is 6.04 Å². The fourth-order valence-corrected chi connectivity index (χ4v) is 1.38. The molecule has 0 radical (unpaired) electrons. The third kappa shape index (κ3) is 3.02. The monoisotopic (exact) mass is 210 g/mol. The summed E-state index contributed by atoms with van der Waals surface area (Å²) in [5.74, 6) is -0.414. The second kappa shape index (κ2) is 5.46. The van der Waals surface area contributed by atoms with Crippen molar-refractivity contribution in [3.63, 3.8) is 0 Å². The second-order valence-electron chi connectivity index (χ2n) is 3.25. The van der Waals surface area contributed by atoms with E-state index in [1.807, 2.05) is 0 Å². The number of benzene rings is 1. The van der Waals surface area contributed by atoms with Crippen LogP contribution in [0.4, 0.5) is 4.39 Å². The Hall–Kier alpha value is -1.42. The van der Waals surface area contributed by atoms with Gasteiger partial charge >= 0.3 is 0 Å². The van der Waals surface area contributed by atoms with Crippen LogP contribution in [0.25, 0.3) is 0 Å². The van der Waals surface area contributed by atoms with Crippen LogP contribution < -0.4 is 10.6 Å². The molecule has 1 atom stereocenters. The molecule has 0 unspecified atom stereocenters. The van der Waals surface area contributed by atoms with Crippen molar-refractivity contribution in [3.8, 4) is 0 Å². The maximum Gasteiger partial charge on any atom is 0.237 e. The number of hydrogen-bond acceptors (Lipinski definition) is 2. The molecule has 0 aromatic heterocycles. The lowest BCUT2D eigenvalue weighted by Gasteiger charge is -2.14. The van der Waals surface area contributed by atoms with Crippen molar-refractivity contribution in [2.45, 2.75) is 12.5 Å². The van der Waals surface area contributed by atoms with E-state index in [1.165, 1.54) is 6.07 Å². The van der Waals surface area contributed by atoms with Gasteiger partial charge in [-0.2, -0.15) is 0 Å². The van der Waals surface area contributed by atoms with Crippen LogP contribution in [0, 0.1) is 5.82 Å². The van der Waals surface area contributed by atoms with Gasteiger partial charge < -0.3 is 10.6 Å². The first kappa shape index (κ1) is 11.7. The van der Waals surface area contributed by atoms with E-state index >= 15 is 0 Å². The molecule has 1 aromatic carbocycles. The largest absolute Gasteiger partial charge is 0.358 e. The van der Waals surface area contributed by atoms with Gasteiger partial charge in [-0.3, -0.25) is 4.79 Å². The van der Waals surface area contributed by atoms with Crippen molar-refractivity contribution >= 4 is 5.91 Å². The Balaban J connectivity index is 2.75. The van der Waals surface area contributed by atoms with Crippen molar-refractivity contribution in [2.75, 3.05) is 14.1 Å². The predicted octanol–water partition coefficient (Wildman–Crippen LogP) is 0.702. The minimum Gasteiger partial charge on any atom is -0.358 e. The molecule has 0 bridgehead atoms. The number of halogens is 1. The first-order chi connectivity index (χ1) is 7.19. The zero-order valence-electron chi connectivity index (χ0n) is 8.88. The molecule has 4 heteroatoms. The van der Waals surface area contributed by atoms with E-state index in [-0.39, 0.29) is 11.7 Å². The zero-order chi connectivity index (χ0) is 11.3. The van der Waals surface area contributed by atoms with E-state index in [1.54, 1.807) is 32.3 Å². The molecule has 0 heterocycles. The summed E-state index contributed by atoms with van der Waals surface area (Å²) in [6.45, 7) is 0. The van der Waals surface area contributed by atoms with Crippen LogP contribution in [0.2, 0.25) is 0 Å². The lowest BCUT2D eigenvalue weighted by atomic mass is 10.1. The molecule has 82 valence electrons. The summed E-state index contributed by atoms with van der Waals surface area (Å²) in [4.78, 5) is 11.4. The first-order valence-corrected chi connectivity index (χ1v) is 4.81. The number of amides is 1. The van der Waals surface area contributed by atoms with Gasteiger partial charge in [0, 0.05) is 7.05 Å². The highest BCUT2D eigenvalue weighted by molar-refractivity contribution is 5.81. The molecule has 1 aromatic rings. The molecule has 3 nitrogen and oxygen atoms in total. The summed E-state index contributed by atoms with van der Waals surface area (Å²) in [5, 5.41) is 5.38. The number of rotatable bonds is 4. The number of carbonyl (C=O) groups is 1. The highest BCUT2D eigenvalue weighted by Gasteiger charge is 2.16. The maximum atomic E-state index is 13.3. The van der Waals surface area contributed by atoms with Crippen molar-refractivity contribution in [3.05, 3.63) is 35.6 Å². The third-order valence-corrected chi connectivity index (χ3v) is 2.29. The quantitative estimate of drug-likeness (QED) is 0.768. The van der Waals surface area contributed by atoms with Crippen molar-refractivity contribution < 1.29 is 9.18 Å². The number of carbonyl (C=O) groups excluding carboxylic acids is 1. The van der Waals surface area contributed by atoms with Crippen LogP contribution >= 0.6 is 0 Å². The van der Waals surface area contributed by atoms with Crippen LogP contribution in [0.5, 0.6) is 0 Å². The Morgan fingerprint density at radius 2 is 2.07 bits per heavy atom. The minimum atomic E-state index is -0.396. The smallest absolute Gasteiger partial charge is 0.237 e. The molecule has 0 saturated heterocycles. The molecular weight excluding hydrogens is 195 g/mol. The van der Waals surface area contributed by atoms with Crippen LogP contribution in [-0.2, 0) is 11.2 Å². The maximum absolute atomic E-state index is 13.3. The van der Waals surface area contributed by atoms with E-state index in [2.05, 4.69) is 10.6 Å².